The Balaban J connectivity index is 1.65. The molecule has 0 fully saturated rings. The van der Waals surface area contributed by atoms with Crippen LogP contribution in [0.4, 0.5) is 0 Å². The van der Waals surface area contributed by atoms with Crippen molar-refractivity contribution >= 4 is 27.5 Å². The van der Waals surface area contributed by atoms with E-state index >= 15 is 0 Å². The normalized spacial score (nSPS) is 10.9. The van der Waals surface area contributed by atoms with Crippen LogP contribution >= 0.6 is 11.3 Å². The van der Waals surface area contributed by atoms with Crippen molar-refractivity contribution in [2.24, 2.45) is 0 Å². The second kappa shape index (κ2) is 9.33. The fourth-order valence-electron chi connectivity index (χ4n) is 3.66. The van der Waals surface area contributed by atoms with Gasteiger partial charge in [-0.3, -0.25) is 14.2 Å². The van der Waals surface area contributed by atoms with Gasteiger partial charge in [-0.15, -0.1) is 11.3 Å². The van der Waals surface area contributed by atoms with Gasteiger partial charge in [0.2, 0.25) is 5.91 Å². The Kier molecular flexibility index (Phi) is 6.32. The summed E-state index contributed by atoms with van der Waals surface area (Å²) in [6.45, 7) is 1.86. The standard InChI is InChI=1S/C24H23N3O5S/c1-15-6-4-5-7-17(15)27-23(29)22-18(10-11-33-22)26(24(27)30)14-21(28)25-13-16-8-9-19(31-2)20(12-16)32-3/h4-12H,13-14H2,1-3H3,(H,25,28). The van der Waals surface area contributed by atoms with Crippen LogP contribution in [-0.2, 0) is 17.9 Å². The highest BCUT2D eigenvalue weighted by molar-refractivity contribution is 7.17. The first-order valence-corrected chi connectivity index (χ1v) is 11.1. The quantitative estimate of drug-likeness (QED) is 0.453. The number of benzene rings is 2. The molecule has 9 heteroatoms. The zero-order valence-electron chi connectivity index (χ0n) is 18.5. The van der Waals surface area contributed by atoms with Gasteiger partial charge in [0.15, 0.2) is 11.5 Å². The Bertz CT molecular complexity index is 1450. The van der Waals surface area contributed by atoms with Crippen molar-refractivity contribution in [2.45, 2.75) is 20.0 Å². The Morgan fingerprint density at radius 2 is 1.79 bits per heavy atom. The maximum atomic E-state index is 13.3. The monoisotopic (exact) mass is 465 g/mol. The molecule has 0 spiro atoms. The van der Waals surface area contributed by atoms with Crippen LogP contribution in [0.1, 0.15) is 11.1 Å². The van der Waals surface area contributed by atoms with Gasteiger partial charge in [0.1, 0.15) is 11.2 Å². The minimum absolute atomic E-state index is 0.217. The van der Waals surface area contributed by atoms with Gasteiger partial charge >= 0.3 is 5.69 Å². The lowest BCUT2D eigenvalue weighted by Crippen LogP contribution is -2.41. The maximum Gasteiger partial charge on any atom is 0.336 e. The van der Waals surface area contributed by atoms with Crippen LogP contribution in [0.3, 0.4) is 0 Å². The van der Waals surface area contributed by atoms with E-state index < -0.39 is 5.69 Å². The van der Waals surface area contributed by atoms with E-state index in [4.69, 9.17) is 9.47 Å². The van der Waals surface area contributed by atoms with Gasteiger partial charge in [-0.25, -0.2) is 9.36 Å². The number of carbonyl (C=O) groups is 1. The molecular weight excluding hydrogens is 442 g/mol. The summed E-state index contributed by atoms with van der Waals surface area (Å²) in [6, 6.07) is 14.2. The fourth-order valence-corrected chi connectivity index (χ4v) is 4.48. The molecule has 0 bridgehead atoms. The first kappa shape index (κ1) is 22.3. The number of rotatable bonds is 7. The van der Waals surface area contributed by atoms with E-state index in [1.807, 2.05) is 25.1 Å². The molecule has 2 aromatic carbocycles. The highest BCUT2D eigenvalue weighted by Gasteiger charge is 2.18. The number of amides is 1. The molecule has 0 saturated carbocycles. The molecule has 0 unspecified atom stereocenters. The zero-order chi connectivity index (χ0) is 23.5. The lowest BCUT2D eigenvalue weighted by atomic mass is 10.2. The van der Waals surface area contributed by atoms with Crippen LogP contribution in [0.5, 0.6) is 11.5 Å². The van der Waals surface area contributed by atoms with Crippen LogP contribution in [0.25, 0.3) is 15.9 Å². The molecular formula is C24H23N3O5S. The molecule has 0 saturated heterocycles. The molecule has 2 aromatic heterocycles. The third kappa shape index (κ3) is 4.27. The van der Waals surface area contributed by atoms with E-state index in [9.17, 15) is 14.4 Å². The van der Waals surface area contributed by atoms with Gasteiger partial charge in [0.25, 0.3) is 5.56 Å². The zero-order valence-corrected chi connectivity index (χ0v) is 19.3. The van der Waals surface area contributed by atoms with Crippen molar-refractivity contribution in [1.82, 2.24) is 14.5 Å². The molecule has 2 heterocycles. The van der Waals surface area contributed by atoms with Crippen molar-refractivity contribution < 1.29 is 14.3 Å². The summed E-state index contributed by atoms with van der Waals surface area (Å²) in [7, 11) is 3.10. The van der Waals surface area contributed by atoms with Crippen LogP contribution in [0.15, 0.2) is 63.5 Å². The van der Waals surface area contributed by atoms with E-state index in [-0.39, 0.29) is 24.6 Å². The Hall–Kier alpha value is -3.85. The van der Waals surface area contributed by atoms with Crippen molar-refractivity contribution in [3.05, 3.63) is 85.9 Å². The highest BCUT2D eigenvalue weighted by Crippen LogP contribution is 2.27. The molecule has 0 aliphatic carbocycles. The Morgan fingerprint density at radius 1 is 1.03 bits per heavy atom. The average Bonchev–Trinajstić information content (AvgIpc) is 3.31. The number of nitrogens with zero attached hydrogens (tertiary/aromatic N) is 2. The van der Waals surface area contributed by atoms with Crippen LogP contribution in [0.2, 0.25) is 0 Å². The third-order valence-electron chi connectivity index (χ3n) is 5.35. The van der Waals surface area contributed by atoms with E-state index in [0.29, 0.717) is 27.4 Å². The number of para-hydroxylation sites is 1. The molecule has 33 heavy (non-hydrogen) atoms. The summed E-state index contributed by atoms with van der Waals surface area (Å²) in [5, 5.41) is 4.57. The number of methoxy groups -OCH3 is 2. The molecule has 8 nitrogen and oxygen atoms in total. The topological polar surface area (TPSA) is 91.6 Å². The van der Waals surface area contributed by atoms with Crippen molar-refractivity contribution in [2.75, 3.05) is 14.2 Å². The summed E-state index contributed by atoms with van der Waals surface area (Å²) < 4.78 is 13.4. The number of aromatic nitrogens is 2. The van der Waals surface area contributed by atoms with E-state index in [1.54, 1.807) is 49.9 Å². The number of aryl methyl sites for hydroxylation is 1. The average molecular weight is 466 g/mol. The molecule has 4 rings (SSSR count). The van der Waals surface area contributed by atoms with Gasteiger partial charge in [0, 0.05) is 6.54 Å². The summed E-state index contributed by atoms with van der Waals surface area (Å²) in [5.41, 5.74) is 1.61. The minimum atomic E-state index is -0.554. The van der Waals surface area contributed by atoms with Gasteiger partial charge in [0.05, 0.1) is 25.4 Å². The number of hydrogen-bond donors (Lipinski definition) is 1. The number of carbonyl (C=O) groups excluding carboxylic acids is 1. The maximum absolute atomic E-state index is 13.3. The summed E-state index contributed by atoms with van der Waals surface area (Å²) >= 11 is 1.25. The summed E-state index contributed by atoms with van der Waals surface area (Å²) in [5.74, 6) is 0.803. The molecule has 170 valence electrons. The molecule has 0 aliphatic heterocycles. The number of thiophene rings is 1. The fraction of sp³-hybridized carbons (Fsp3) is 0.208. The number of hydrogen-bond acceptors (Lipinski definition) is 6. The molecule has 1 N–H and O–H groups in total. The predicted octanol–water partition coefficient (Wildman–Crippen LogP) is 2.86. The van der Waals surface area contributed by atoms with Gasteiger partial charge in [-0.05, 0) is 47.7 Å². The van der Waals surface area contributed by atoms with Crippen LogP contribution in [-0.4, -0.2) is 29.3 Å². The minimum Gasteiger partial charge on any atom is -0.493 e. The SMILES string of the molecule is COc1ccc(CNC(=O)Cn2c(=O)n(-c3ccccc3C)c(=O)c3sccc32)cc1OC. The van der Waals surface area contributed by atoms with E-state index in [0.717, 1.165) is 15.7 Å². The molecule has 0 atom stereocenters. The largest absolute Gasteiger partial charge is 0.493 e. The summed E-state index contributed by atoms with van der Waals surface area (Å²) in [6.07, 6.45) is 0. The molecule has 4 aromatic rings. The second-order valence-corrected chi connectivity index (χ2v) is 8.31. The Labute approximate surface area is 193 Å². The predicted molar refractivity (Wildman–Crippen MR) is 128 cm³/mol. The third-order valence-corrected chi connectivity index (χ3v) is 6.24. The van der Waals surface area contributed by atoms with Crippen molar-refractivity contribution in [1.29, 1.82) is 0 Å². The summed E-state index contributed by atoms with van der Waals surface area (Å²) in [4.78, 5) is 39.2. The van der Waals surface area contributed by atoms with Gasteiger partial charge in [-0.2, -0.15) is 0 Å². The van der Waals surface area contributed by atoms with E-state index in [2.05, 4.69) is 5.32 Å². The molecule has 1 amide bonds. The number of fused-ring (bicyclic) bond motifs is 1. The number of ether oxygens (including phenoxy) is 2. The number of nitrogens with one attached hydrogen (secondary N) is 1. The molecule has 0 aliphatic rings. The van der Waals surface area contributed by atoms with Gasteiger partial charge < -0.3 is 14.8 Å². The second-order valence-electron chi connectivity index (χ2n) is 7.40. The van der Waals surface area contributed by atoms with Crippen LogP contribution in [0, 0.1) is 6.92 Å². The van der Waals surface area contributed by atoms with Gasteiger partial charge in [-0.1, -0.05) is 24.3 Å². The first-order valence-electron chi connectivity index (χ1n) is 10.2. The van der Waals surface area contributed by atoms with Crippen molar-refractivity contribution in [3.63, 3.8) is 0 Å². The first-order chi connectivity index (χ1) is 15.9. The van der Waals surface area contributed by atoms with Crippen LogP contribution < -0.4 is 26.0 Å². The highest BCUT2D eigenvalue weighted by atomic mass is 32.1. The smallest absolute Gasteiger partial charge is 0.336 e. The molecule has 0 radical (unpaired) electrons. The lowest BCUT2D eigenvalue weighted by molar-refractivity contribution is -0.121. The Morgan fingerprint density at radius 3 is 2.52 bits per heavy atom. The van der Waals surface area contributed by atoms with Crippen molar-refractivity contribution in [3.8, 4) is 17.2 Å². The lowest BCUT2D eigenvalue weighted by Gasteiger charge is -2.14. The van der Waals surface area contributed by atoms with E-state index in [1.165, 1.54) is 15.9 Å².